The first kappa shape index (κ1) is 12.3. The molecule has 2 fully saturated rings. The number of nitrogens with zero attached hydrogens (tertiary/aromatic N) is 2. The van der Waals surface area contributed by atoms with Gasteiger partial charge in [0.1, 0.15) is 5.41 Å². The van der Waals surface area contributed by atoms with Gasteiger partial charge in [0, 0.05) is 35.4 Å². The van der Waals surface area contributed by atoms with E-state index in [4.69, 9.17) is 10.9 Å². The van der Waals surface area contributed by atoms with Crippen molar-refractivity contribution in [1.82, 2.24) is 4.90 Å². The minimum atomic E-state index is -0.805. The van der Waals surface area contributed by atoms with Gasteiger partial charge in [-0.15, -0.1) is 0 Å². The third kappa shape index (κ3) is 2.03. The van der Waals surface area contributed by atoms with Crippen molar-refractivity contribution >= 4 is 22.5 Å². The van der Waals surface area contributed by atoms with E-state index in [0.29, 0.717) is 37.4 Å². The molecule has 0 aromatic carbocycles. The van der Waals surface area contributed by atoms with Crippen LogP contribution in [0, 0.1) is 5.41 Å². The largest absolute Gasteiger partial charge is 0.409 e. The van der Waals surface area contributed by atoms with Gasteiger partial charge in [-0.05, 0) is 12.8 Å². The zero-order valence-corrected chi connectivity index (χ0v) is 10.4. The van der Waals surface area contributed by atoms with E-state index in [1.165, 1.54) is 0 Å². The van der Waals surface area contributed by atoms with Gasteiger partial charge in [0.2, 0.25) is 5.91 Å². The van der Waals surface area contributed by atoms with Crippen LogP contribution < -0.4 is 5.73 Å². The number of rotatable bonds is 2. The van der Waals surface area contributed by atoms with Crippen LogP contribution in [0.3, 0.4) is 0 Å². The highest BCUT2D eigenvalue weighted by Gasteiger charge is 2.50. The maximum Gasteiger partial charge on any atom is 0.236 e. The van der Waals surface area contributed by atoms with Crippen molar-refractivity contribution < 1.29 is 14.2 Å². The van der Waals surface area contributed by atoms with Crippen molar-refractivity contribution in [2.24, 2.45) is 16.3 Å². The molecule has 6 nitrogen and oxygen atoms in total. The summed E-state index contributed by atoms with van der Waals surface area (Å²) >= 11 is 0. The van der Waals surface area contributed by atoms with Gasteiger partial charge in [0.15, 0.2) is 5.84 Å². The van der Waals surface area contributed by atoms with Crippen LogP contribution in [0.25, 0.3) is 0 Å². The molecule has 0 radical (unpaired) electrons. The maximum absolute atomic E-state index is 12.4. The molecule has 0 unspecified atom stereocenters. The van der Waals surface area contributed by atoms with Crippen LogP contribution in [0.5, 0.6) is 0 Å². The summed E-state index contributed by atoms with van der Waals surface area (Å²) in [6.45, 7) is 1.01. The lowest BCUT2D eigenvalue weighted by Crippen LogP contribution is -2.57. The number of carbonyl (C=O) groups is 1. The van der Waals surface area contributed by atoms with E-state index in [2.05, 4.69) is 5.16 Å². The van der Waals surface area contributed by atoms with E-state index in [-0.39, 0.29) is 11.7 Å². The lowest BCUT2D eigenvalue weighted by molar-refractivity contribution is -0.141. The Morgan fingerprint density at radius 3 is 2.35 bits per heavy atom. The molecule has 1 aliphatic heterocycles. The minimum absolute atomic E-state index is 0.0143. The molecular formula is C10H17N3O3S. The Kier molecular flexibility index (Phi) is 3.37. The van der Waals surface area contributed by atoms with E-state index in [1.807, 2.05) is 0 Å². The maximum atomic E-state index is 12.4. The number of amidine groups is 1. The summed E-state index contributed by atoms with van der Waals surface area (Å²) in [5, 5.41) is 11.8. The molecule has 0 aromatic heterocycles. The summed E-state index contributed by atoms with van der Waals surface area (Å²) in [4.78, 5) is 14.1. The average Bonchev–Trinajstić information content (AvgIpc) is 2.28. The van der Waals surface area contributed by atoms with Gasteiger partial charge in [0.05, 0.1) is 0 Å². The molecule has 2 aliphatic rings. The normalized spacial score (nSPS) is 25.4. The molecule has 0 aromatic rings. The number of hydrogen-bond donors (Lipinski definition) is 2. The lowest BCUT2D eigenvalue weighted by atomic mass is 9.67. The molecule has 1 aliphatic carbocycles. The Bertz CT molecular complexity index is 369. The average molecular weight is 259 g/mol. The lowest BCUT2D eigenvalue weighted by Gasteiger charge is -2.43. The molecule has 2 rings (SSSR count). The first-order valence-electron chi connectivity index (χ1n) is 5.72. The summed E-state index contributed by atoms with van der Waals surface area (Å²) in [7, 11) is -0.805. The topological polar surface area (TPSA) is 96.0 Å². The molecule has 1 heterocycles. The second kappa shape index (κ2) is 4.64. The molecule has 1 saturated heterocycles. The minimum Gasteiger partial charge on any atom is -0.409 e. The highest BCUT2D eigenvalue weighted by atomic mass is 32.2. The van der Waals surface area contributed by atoms with E-state index in [0.717, 1.165) is 6.42 Å². The third-order valence-electron chi connectivity index (χ3n) is 3.68. The number of carbonyl (C=O) groups excluding carboxylic acids is 1. The van der Waals surface area contributed by atoms with Crippen molar-refractivity contribution in [2.45, 2.75) is 19.3 Å². The zero-order chi connectivity index (χ0) is 12.5. The second-order valence-corrected chi connectivity index (χ2v) is 6.26. The number of amides is 1. The van der Waals surface area contributed by atoms with Crippen LogP contribution >= 0.6 is 0 Å². The first-order chi connectivity index (χ1) is 8.10. The SMILES string of the molecule is NC(=NO)C1(C(=O)N2CCS(=O)CC2)CCC1. The molecule has 96 valence electrons. The Hall–Kier alpha value is -1.11. The summed E-state index contributed by atoms with van der Waals surface area (Å²) < 4.78 is 11.2. The first-order valence-corrected chi connectivity index (χ1v) is 7.21. The summed E-state index contributed by atoms with van der Waals surface area (Å²) in [5.74, 6) is 0.992. The van der Waals surface area contributed by atoms with E-state index in [1.54, 1.807) is 4.90 Å². The Balaban J connectivity index is 2.10. The van der Waals surface area contributed by atoms with Gasteiger partial charge >= 0.3 is 0 Å². The molecule has 3 N–H and O–H groups in total. The molecule has 17 heavy (non-hydrogen) atoms. The van der Waals surface area contributed by atoms with E-state index < -0.39 is 16.2 Å². The van der Waals surface area contributed by atoms with Crippen LogP contribution in [0.1, 0.15) is 19.3 Å². The standard InChI is InChI=1S/C10H17N3O3S/c11-8(12-15)10(2-1-3-10)9(14)13-4-6-17(16)7-5-13/h15H,1-7H2,(H2,11,12). The molecule has 0 atom stereocenters. The van der Waals surface area contributed by atoms with E-state index in [9.17, 15) is 9.00 Å². The molecule has 7 heteroatoms. The van der Waals surface area contributed by atoms with Crippen LogP contribution in [0.2, 0.25) is 0 Å². The molecule has 1 saturated carbocycles. The van der Waals surface area contributed by atoms with Gasteiger partial charge in [0.25, 0.3) is 0 Å². The fourth-order valence-corrected chi connectivity index (χ4v) is 3.40. The van der Waals surface area contributed by atoms with E-state index >= 15 is 0 Å². The summed E-state index contributed by atoms with van der Waals surface area (Å²) in [6, 6.07) is 0. The van der Waals surface area contributed by atoms with Crippen molar-refractivity contribution in [3.8, 4) is 0 Å². The molecular weight excluding hydrogens is 242 g/mol. The van der Waals surface area contributed by atoms with Crippen LogP contribution in [0.4, 0.5) is 0 Å². The Labute approximate surface area is 102 Å². The van der Waals surface area contributed by atoms with Gasteiger partial charge in [-0.2, -0.15) is 0 Å². The number of hydrogen-bond acceptors (Lipinski definition) is 4. The van der Waals surface area contributed by atoms with Gasteiger partial charge in [-0.1, -0.05) is 11.6 Å². The summed E-state index contributed by atoms with van der Waals surface area (Å²) in [5.41, 5.74) is 4.84. The van der Waals surface area contributed by atoms with Gasteiger partial charge < -0.3 is 15.8 Å². The fraction of sp³-hybridized carbons (Fsp3) is 0.800. The monoisotopic (exact) mass is 259 g/mol. The molecule has 0 bridgehead atoms. The predicted octanol–water partition coefficient (Wildman–Crippen LogP) is -0.506. The van der Waals surface area contributed by atoms with Crippen molar-refractivity contribution in [3.05, 3.63) is 0 Å². The van der Waals surface area contributed by atoms with Gasteiger partial charge in [-0.3, -0.25) is 9.00 Å². The van der Waals surface area contributed by atoms with Crippen molar-refractivity contribution in [2.75, 3.05) is 24.6 Å². The smallest absolute Gasteiger partial charge is 0.236 e. The Morgan fingerprint density at radius 1 is 1.35 bits per heavy atom. The highest BCUT2D eigenvalue weighted by molar-refractivity contribution is 7.85. The predicted molar refractivity (Wildman–Crippen MR) is 64.1 cm³/mol. The highest BCUT2D eigenvalue weighted by Crippen LogP contribution is 2.42. The second-order valence-electron chi connectivity index (χ2n) is 4.56. The van der Waals surface area contributed by atoms with Crippen LogP contribution in [-0.2, 0) is 15.6 Å². The summed E-state index contributed by atoms with van der Waals surface area (Å²) in [6.07, 6.45) is 2.20. The fourth-order valence-electron chi connectivity index (χ4n) is 2.35. The van der Waals surface area contributed by atoms with Crippen molar-refractivity contribution in [3.63, 3.8) is 0 Å². The molecule has 1 amide bonds. The number of oxime groups is 1. The van der Waals surface area contributed by atoms with Crippen molar-refractivity contribution in [1.29, 1.82) is 0 Å². The molecule has 0 spiro atoms. The van der Waals surface area contributed by atoms with Crippen LogP contribution in [-0.4, -0.2) is 50.7 Å². The Morgan fingerprint density at radius 2 is 1.94 bits per heavy atom. The van der Waals surface area contributed by atoms with Gasteiger partial charge in [-0.25, -0.2) is 0 Å². The quantitative estimate of drug-likeness (QED) is 0.302. The van der Waals surface area contributed by atoms with Crippen LogP contribution in [0.15, 0.2) is 5.16 Å². The number of nitrogens with two attached hydrogens (primary N) is 1. The zero-order valence-electron chi connectivity index (χ0n) is 9.59. The third-order valence-corrected chi connectivity index (χ3v) is 4.96.